The molecule has 2 aliphatic heterocycles. The van der Waals surface area contributed by atoms with Crippen LogP contribution < -0.4 is 10.6 Å². The molecular weight excluding hydrogens is 322 g/mol. The lowest BCUT2D eigenvalue weighted by molar-refractivity contribution is -0.123. The molecule has 132 valence electrons. The number of morpholine rings is 1. The Labute approximate surface area is 148 Å². The summed E-state index contributed by atoms with van der Waals surface area (Å²) >= 11 is 2.02. The normalized spacial score (nSPS) is 25.4. The molecule has 2 aliphatic rings. The summed E-state index contributed by atoms with van der Waals surface area (Å²) in [6.07, 6.45) is -0.104. The SMILES string of the molecule is Cc1c(CN2CCSCC2)cccc1NC(=O)[C@H]1NCCO[C@@H]1C. The van der Waals surface area contributed by atoms with Gasteiger partial charge in [0.1, 0.15) is 6.04 Å². The smallest absolute Gasteiger partial charge is 0.244 e. The molecular formula is C18H27N3O2S. The van der Waals surface area contributed by atoms with Crippen molar-refractivity contribution < 1.29 is 9.53 Å². The number of ether oxygens (including phenoxy) is 1. The van der Waals surface area contributed by atoms with Crippen molar-refractivity contribution in [1.82, 2.24) is 10.2 Å². The highest BCUT2D eigenvalue weighted by Crippen LogP contribution is 2.22. The van der Waals surface area contributed by atoms with Crippen LogP contribution in [-0.4, -0.2) is 60.7 Å². The molecule has 0 bridgehead atoms. The van der Waals surface area contributed by atoms with E-state index in [1.54, 1.807) is 0 Å². The third-order valence-electron chi connectivity index (χ3n) is 4.80. The van der Waals surface area contributed by atoms with Gasteiger partial charge in [0, 0.05) is 43.4 Å². The first kappa shape index (κ1) is 17.7. The molecule has 2 fully saturated rings. The van der Waals surface area contributed by atoms with Gasteiger partial charge in [-0.25, -0.2) is 0 Å². The zero-order chi connectivity index (χ0) is 16.9. The van der Waals surface area contributed by atoms with E-state index in [0.29, 0.717) is 13.2 Å². The Bertz CT molecular complexity index is 575. The zero-order valence-electron chi connectivity index (χ0n) is 14.5. The molecule has 0 radical (unpaired) electrons. The van der Waals surface area contributed by atoms with Gasteiger partial charge in [-0.15, -0.1) is 0 Å². The summed E-state index contributed by atoms with van der Waals surface area (Å²) in [5.74, 6) is 2.40. The molecule has 2 atom stereocenters. The molecule has 2 saturated heterocycles. The van der Waals surface area contributed by atoms with Crippen LogP contribution in [0.1, 0.15) is 18.1 Å². The van der Waals surface area contributed by atoms with Crippen molar-refractivity contribution in [2.45, 2.75) is 32.5 Å². The van der Waals surface area contributed by atoms with Gasteiger partial charge in [-0.3, -0.25) is 9.69 Å². The number of amides is 1. The highest BCUT2D eigenvalue weighted by atomic mass is 32.2. The molecule has 24 heavy (non-hydrogen) atoms. The first-order valence-electron chi connectivity index (χ1n) is 8.69. The largest absolute Gasteiger partial charge is 0.375 e. The molecule has 0 unspecified atom stereocenters. The second-order valence-corrected chi connectivity index (χ2v) is 7.70. The molecule has 2 N–H and O–H groups in total. The number of carbonyl (C=O) groups is 1. The van der Waals surface area contributed by atoms with Gasteiger partial charge in [0.05, 0.1) is 12.7 Å². The summed E-state index contributed by atoms with van der Waals surface area (Å²) in [7, 11) is 0. The number of nitrogens with zero attached hydrogens (tertiary/aromatic N) is 1. The maximum atomic E-state index is 12.6. The van der Waals surface area contributed by atoms with Crippen LogP contribution >= 0.6 is 11.8 Å². The van der Waals surface area contributed by atoms with Crippen molar-refractivity contribution in [3.05, 3.63) is 29.3 Å². The Morgan fingerprint density at radius 3 is 2.96 bits per heavy atom. The number of rotatable bonds is 4. The zero-order valence-corrected chi connectivity index (χ0v) is 15.3. The second-order valence-electron chi connectivity index (χ2n) is 6.48. The molecule has 0 aromatic heterocycles. The van der Waals surface area contributed by atoms with Gasteiger partial charge >= 0.3 is 0 Å². The summed E-state index contributed by atoms with van der Waals surface area (Å²) in [5.41, 5.74) is 3.36. The number of nitrogens with one attached hydrogen (secondary N) is 2. The second kappa shape index (κ2) is 8.34. The standard InChI is InChI=1S/C18H27N3O2S/c1-13-15(12-21-7-10-24-11-8-21)4-3-5-16(13)20-18(22)17-14(2)23-9-6-19-17/h3-5,14,17,19H,6-12H2,1-2H3,(H,20,22)/t14-,17+/m1/s1. The van der Waals surface area contributed by atoms with Crippen molar-refractivity contribution in [2.75, 3.05) is 43.1 Å². The topological polar surface area (TPSA) is 53.6 Å². The number of hydrogen-bond acceptors (Lipinski definition) is 5. The number of hydrogen-bond donors (Lipinski definition) is 2. The minimum atomic E-state index is -0.291. The van der Waals surface area contributed by atoms with Crippen LogP contribution in [0.25, 0.3) is 0 Å². The van der Waals surface area contributed by atoms with Crippen LogP contribution in [0.4, 0.5) is 5.69 Å². The maximum Gasteiger partial charge on any atom is 0.244 e. The number of carbonyl (C=O) groups excluding carboxylic acids is 1. The Hall–Kier alpha value is -1.08. The third-order valence-corrected chi connectivity index (χ3v) is 5.74. The summed E-state index contributed by atoms with van der Waals surface area (Å²) in [6, 6.07) is 5.89. The maximum absolute atomic E-state index is 12.6. The lowest BCUT2D eigenvalue weighted by Crippen LogP contribution is -2.53. The molecule has 1 aromatic rings. The van der Waals surface area contributed by atoms with Crippen LogP contribution in [-0.2, 0) is 16.1 Å². The molecule has 2 heterocycles. The van der Waals surface area contributed by atoms with E-state index < -0.39 is 0 Å². The van der Waals surface area contributed by atoms with Crippen molar-refractivity contribution in [2.24, 2.45) is 0 Å². The van der Waals surface area contributed by atoms with Gasteiger partial charge in [0.15, 0.2) is 0 Å². The van der Waals surface area contributed by atoms with E-state index in [0.717, 1.165) is 30.9 Å². The highest BCUT2D eigenvalue weighted by molar-refractivity contribution is 7.99. The van der Waals surface area contributed by atoms with Crippen LogP contribution in [0.5, 0.6) is 0 Å². The van der Waals surface area contributed by atoms with Gasteiger partial charge in [-0.1, -0.05) is 12.1 Å². The molecule has 5 nitrogen and oxygen atoms in total. The summed E-state index contributed by atoms with van der Waals surface area (Å²) in [5, 5.41) is 6.32. The molecule has 0 aliphatic carbocycles. The van der Waals surface area contributed by atoms with Gasteiger partial charge in [0.2, 0.25) is 5.91 Å². The van der Waals surface area contributed by atoms with Crippen LogP contribution in [0, 0.1) is 6.92 Å². The fourth-order valence-corrected chi connectivity index (χ4v) is 4.21. The molecule has 0 spiro atoms. The fraction of sp³-hybridized carbons (Fsp3) is 0.611. The van der Waals surface area contributed by atoms with Crippen LogP contribution in [0.3, 0.4) is 0 Å². The van der Waals surface area contributed by atoms with Crippen LogP contribution in [0.2, 0.25) is 0 Å². The monoisotopic (exact) mass is 349 g/mol. The van der Waals surface area contributed by atoms with Crippen molar-refractivity contribution in [1.29, 1.82) is 0 Å². The minimum absolute atomic E-state index is 0.0168. The Balaban J connectivity index is 1.67. The van der Waals surface area contributed by atoms with E-state index in [9.17, 15) is 4.79 Å². The molecule has 6 heteroatoms. The van der Waals surface area contributed by atoms with Crippen LogP contribution in [0.15, 0.2) is 18.2 Å². The first-order valence-corrected chi connectivity index (χ1v) is 9.85. The molecule has 1 amide bonds. The Morgan fingerprint density at radius 2 is 2.21 bits per heavy atom. The molecule has 1 aromatic carbocycles. The predicted octanol–water partition coefficient (Wildman–Crippen LogP) is 1.86. The van der Waals surface area contributed by atoms with Gasteiger partial charge < -0.3 is 15.4 Å². The van der Waals surface area contributed by atoms with E-state index in [1.807, 2.05) is 30.8 Å². The fourth-order valence-electron chi connectivity index (χ4n) is 3.23. The summed E-state index contributed by atoms with van der Waals surface area (Å²) < 4.78 is 5.57. The Kier molecular flexibility index (Phi) is 6.16. The van der Waals surface area contributed by atoms with Crippen molar-refractivity contribution in [3.8, 4) is 0 Å². The van der Waals surface area contributed by atoms with E-state index >= 15 is 0 Å². The van der Waals surface area contributed by atoms with E-state index in [1.165, 1.54) is 17.1 Å². The highest BCUT2D eigenvalue weighted by Gasteiger charge is 2.28. The summed E-state index contributed by atoms with van der Waals surface area (Å²) in [4.78, 5) is 15.1. The third kappa shape index (κ3) is 4.30. The number of anilines is 1. The molecule has 3 rings (SSSR count). The number of benzene rings is 1. The lowest BCUT2D eigenvalue weighted by atomic mass is 10.0. The Morgan fingerprint density at radius 1 is 1.42 bits per heavy atom. The molecule has 0 saturated carbocycles. The minimum Gasteiger partial charge on any atom is -0.375 e. The van der Waals surface area contributed by atoms with E-state index in [2.05, 4.69) is 28.5 Å². The average molecular weight is 350 g/mol. The van der Waals surface area contributed by atoms with Gasteiger partial charge in [-0.05, 0) is 31.0 Å². The predicted molar refractivity (Wildman–Crippen MR) is 99.6 cm³/mol. The van der Waals surface area contributed by atoms with Crippen molar-refractivity contribution in [3.63, 3.8) is 0 Å². The quantitative estimate of drug-likeness (QED) is 0.869. The van der Waals surface area contributed by atoms with Gasteiger partial charge in [-0.2, -0.15) is 11.8 Å². The van der Waals surface area contributed by atoms with E-state index in [4.69, 9.17) is 4.74 Å². The van der Waals surface area contributed by atoms with Crippen molar-refractivity contribution >= 4 is 23.4 Å². The average Bonchev–Trinajstić information content (AvgIpc) is 2.60. The first-order chi connectivity index (χ1) is 11.6. The lowest BCUT2D eigenvalue weighted by Gasteiger charge is -2.30. The number of thioether (sulfide) groups is 1. The van der Waals surface area contributed by atoms with Gasteiger partial charge in [0.25, 0.3) is 0 Å². The van der Waals surface area contributed by atoms with E-state index in [-0.39, 0.29) is 18.1 Å². The summed E-state index contributed by atoms with van der Waals surface area (Å²) in [6.45, 7) is 8.65.